The van der Waals surface area contributed by atoms with Crippen LogP contribution in [0.15, 0.2) is 53.4 Å². The van der Waals surface area contributed by atoms with Crippen molar-refractivity contribution < 1.29 is 95.9 Å². The van der Waals surface area contributed by atoms with Crippen molar-refractivity contribution in [2.24, 2.45) is 0 Å². The summed E-state index contributed by atoms with van der Waals surface area (Å²) in [5.41, 5.74) is 2.15. The van der Waals surface area contributed by atoms with E-state index >= 15 is 0 Å². The van der Waals surface area contributed by atoms with Gasteiger partial charge in [-0.2, -0.15) is 0 Å². The van der Waals surface area contributed by atoms with Crippen molar-refractivity contribution in [2.75, 3.05) is 5.32 Å². The monoisotopic (exact) mass is 607 g/mol. The minimum Gasteiger partial charge on any atom is -1.00 e. The molecule has 3 atom stereocenters. The van der Waals surface area contributed by atoms with Crippen LogP contribution in [0.2, 0.25) is 0 Å². The van der Waals surface area contributed by atoms with Crippen LogP contribution in [0.1, 0.15) is 96.8 Å². The molecule has 3 unspecified atom stereocenters. The summed E-state index contributed by atoms with van der Waals surface area (Å²) in [6, 6.07) is 14.0. The van der Waals surface area contributed by atoms with Gasteiger partial charge in [0.15, 0.2) is 0 Å². The van der Waals surface area contributed by atoms with Crippen LogP contribution in [0.4, 0.5) is 5.69 Å². The standard InChI is InChI=1S/C30H41NO7S.2Na.2H/c1-2-3-4-5-6-7-8-11-22-16-18-23(19-17-22)30(26(32)14-10-15-28(34)35)39(38)25-13-9-12-24(20-25)31-27(33)21-29(36)37;;;;/h9,12-13,16-20,26,30,32H,2-8,10-11,14-15,21H2,1H3,(H,31,33)(H,34,35)(H,36,37);;;;/q;2*+1;2*-1. The first-order valence-corrected chi connectivity index (χ1v) is 14.9. The van der Waals surface area contributed by atoms with Gasteiger partial charge >= 0.3 is 71.1 Å². The van der Waals surface area contributed by atoms with E-state index in [9.17, 15) is 23.7 Å². The van der Waals surface area contributed by atoms with Crippen molar-refractivity contribution in [3.05, 3.63) is 59.7 Å². The first kappa shape index (κ1) is 40.0. The van der Waals surface area contributed by atoms with Gasteiger partial charge < -0.3 is 23.5 Å². The number of benzene rings is 2. The molecule has 0 aliphatic carbocycles. The van der Waals surface area contributed by atoms with Crippen molar-refractivity contribution in [2.45, 2.75) is 100 Å². The van der Waals surface area contributed by atoms with Crippen molar-refractivity contribution in [3.63, 3.8) is 0 Å². The predicted octanol–water partition coefficient (Wildman–Crippen LogP) is 0.0906. The summed E-state index contributed by atoms with van der Waals surface area (Å²) in [6.45, 7) is 2.21. The van der Waals surface area contributed by atoms with E-state index < -0.39 is 46.4 Å². The number of hydrogen-bond acceptors (Lipinski definition) is 5. The Morgan fingerprint density at radius 1 is 0.878 bits per heavy atom. The van der Waals surface area contributed by atoms with Gasteiger partial charge in [0.1, 0.15) is 6.42 Å². The molecule has 0 aliphatic heterocycles. The van der Waals surface area contributed by atoms with E-state index in [0.29, 0.717) is 16.1 Å². The Morgan fingerprint density at radius 2 is 1.51 bits per heavy atom. The molecule has 0 radical (unpaired) electrons. The van der Waals surface area contributed by atoms with Crippen molar-refractivity contribution in [3.8, 4) is 0 Å². The summed E-state index contributed by atoms with van der Waals surface area (Å²) >= 11 is 0. The Labute approximate surface area is 293 Å². The number of anilines is 1. The van der Waals surface area contributed by atoms with Crippen molar-refractivity contribution in [1.29, 1.82) is 0 Å². The van der Waals surface area contributed by atoms with E-state index in [4.69, 9.17) is 10.2 Å². The van der Waals surface area contributed by atoms with Crippen LogP contribution < -0.4 is 64.4 Å². The van der Waals surface area contributed by atoms with Gasteiger partial charge in [-0.1, -0.05) is 75.8 Å². The molecular formula is C30H43NNa2O7S. The minimum atomic E-state index is -1.74. The van der Waals surface area contributed by atoms with Crippen LogP contribution in [-0.4, -0.2) is 43.5 Å². The fourth-order valence-electron chi connectivity index (χ4n) is 4.45. The van der Waals surface area contributed by atoms with Crippen LogP contribution in [0.3, 0.4) is 0 Å². The maximum Gasteiger partial charge on any atom is 1.00 e. The third-order valence-corrected chi connectivity index (χ3v) is 8.28. The predicted molar refractivity (Wildman–Crippen MR) is 154 cm³/mol. The average Bonchev–Trinajstić information content (AvgIpc) is 2.88. The Kier molecular flexibility index (Phi) is 21.9. The number of unbranched alkanes of at least 4 members (excludes halogenated alkanes) is 6. The fraction of sp³-hybridized carbons (Fsp3) is 0.500. The fourth-order valence-corrected chi connectivity index (χ4v) is 6.03. The Hall–Kier alpha value is -1.04. The van der Waals surface area contributed by atoms with E-state index in [1.807, 2.05) is 24.3 Å². The van der Waals surface area contributed by atoms with E-state index in [1.54, 1.807) is 18.2 Å². The summed E-state index contributed by atoms with van der Waals surface area (Å²) < 4.78 is 13.7. The van der Waals surface area contributed by atoms with Gasteiger partial charge in [0.25, 0.3) is 0 Å². The number of carbonyl (C=O) groups is 3. The van der Waals surface area contributed by atoms with Crippen LogP contribution in [-0.2, 0) is 31.6 Å². The summed E-state index contributed by atoms with van der Waals surface area (Å²) in [5, 5.41) is 30.5. The summed E-state index contributed by atoms with van der Waals surface area (Å²) in [4.78, 5) is 34.0. The maximum atomic E-state index is 13.7. The number of hydrogen-bond donors (Lipinski definition) is 4. The molecule has 0 saturated carbocycles. The van der Waals surface area contributed by atoms with Crippen molar-refractivity contribution >= 4 is 34.3 Å². The van der Waals surface area contributed by atoms with Gasteiger partial charge in [-0.25, -0.2) is 0 Å². The second-order valence-electron chi connectivity index (χ2n) is 9.83. The molecule has 0 saturated heterocycles. The number of aliphatic hydroxyl groups is 1. The first-order chi connectivity index (χ1) is 18.7. The molecule has 0 spiro atoms. The molecule has 218 valence electrons. The zero-order valence-electron chi connectivity index (χ0n) is 26.6. The van der Waals surface area contributed by atoms with Gasteiger partial charge in [-0.3, -0.25) is 18.6 Å². The van der Waals surface area contributed by atoms with Crippen molar-refractivity contribution in [1.82, 2.24) is 0 Å². The number of aliphatic carboxylic acids is 2. The van der Waals surface area contributed by atoms with Gasteiger partial charge in [0, 0.05) is 17.0 Å². The third kappa shape index (κ3) is 15.8. The quantitative estimate of drug-likeness (QED) is 0.101. The molecule has 0 bridgehead atoms. The smallest absolute Gasteiger partial charge is 1.00 e. The maximum absolute atomic E-state index is 13.7. The Bertz CT molecular complexity index is 1110. The largest absolute Gasteiger partial charge is 1.00 e. The Morgan fingerprint density at radius 3 is 2.12 bits per heavy atom. The van der Waals surface area contributed by atoms with Crippen LogP contribution in [0.5, 0.6) is 0 Å². The van der Waals surface area contributed by atoms with Crippen LogP contribution in [0, 0.1) is 0 Å². The molecule has 0 heterocycles. The number of carbonyl (C=O) groups excluding carboxylic acids is 1. The number of carboxylic acid groups (broad SMARTS) is 2. The second-order valence-corrected chi connectivity index (χ2v) is 11.4. The van der Waals surface area contributed by atoms with Gasteiger partial charge in [0.2, 0.25) is 5.91 Å². The van der Waals surface area contributed by atoms with Crippen LogP contribution >= 0.6 is 0 Å². The molecular weight excluding hydrogens is 564 g/mol. The van der Waals surface area contributed by atoms with Gasteiger partial charge in [0.05, 0.1) is 22.2 Å². The molecule has 8 nitrogen and oxygen atoms in total. The zero-order chi connectivity index (χ0) is 28.6. The molecule has 11 heteroatoms. The number of aliphatic hydroxyl groups excluding tert-OH is 1. The van der Waals surface area contributed by atoms with E-state index in [1.165, 1.54) is 50.2 Å². The Balaban J connectivity index is -0.00000400. The molecule has 2 aromatic carbocycles. The molecule has 1 amide bonds. The van der Waals surface area contributed by atoms with E-state index in [0.717, 1.165) is 12.8 Å². The summed E-state index contributed by atoms with van der Waals surface area (Å²) in [5.74, 6) is -2.92. The molecule has 2 rings (SSSR count). The number of amides is 1. The van der Waals surface area contributed by atoms with E-state index in [-0.39, 0.29) is 81.2 Å². The SMILES string of the molecule is CCCCCCCCCc1ccc(C(C(O)CCCC(=O)O)S(=O)c2cccc(NC(=O)CC(=O)O)c2)cc1.[H-].[H-].[Na+].[Na+]. The molecule has 0 aliphatic rings. The topological polar surface area (TPSA) is 141 Å². The molecule has 41 heavy (non-hydrogen) atoms. The van der Waals surface area contributed by atoms with Gasteiger partial charge in [-0.15, -0.1) is 0 Å². The zero-order valence-corrected chi connectivity index (χ0v) is 29.5. The molecule has 4 N–H and O–H groups in total. The third-order valence-electron chi connectivity index (χ3n) is 6.51. The second kappa shape index (κ2) is 22.5. The average molecular weight is 608 g/mol. The molecule has 2 aromatic rings. The number of rotatable bonds is 19. The normalized spacial score (nSPS) is 12.7. The minimum absolute atomic E-state index is 0. The number of nitrogens with one attached hydrogen (secondary N) is 1. The molecule has 0 aromatic heterocycles. The van der Waals surface area contributed by atoms with E-state index in [2.05, 4.69) is 12.2 Å². The van der Waals surface area contributed by atoms with Crippen LogP contribution in [0.25, 0.3) is 0 Å². The first-order valence-electron chi connectivity index (χ1n) is 13.7. The van der Waals surface area contributed by atoms with Gasteiger partial charge in [-0.05, 0) is 55.0 Å². The molecule has 0 fully saturated rings. The summed E-state index contributed by atoms with van der Waals surface area (Å²) in [6.07, 6.45) is 8.10. The summed E-state index contributed by atoms with van der Waals surface area (Å²) in [7, 11) is -1.74. The number of aryl methyl sites for hydroxylation is 1. The number of carboxylic acids is 2.